The van der Waals surface area contributed by atoms with Crippen LogP contribution in [0.15, 0.2) is 0 Å². The van der Waals surface area contributed by atoms with E-state index in [0.717, 1.165) is 24.5 Å². The van der Waals surface area contributed by atoms with Gasteiger partial charge < -0.3 is 10.1 Å². The Hall–Kier alpha value is -1.36. The molecule has 1 heterocycles. The summed E-state index contributed by atoms with van der Waals surface area (Å²) in [6.45, 7) is 11.8. The number of ether oxygens (including phenoxy) is 1. The van der Waals surface area contributed by atoms with Gasteiger partial charge in [-0.3, -0.25) is 9.48 Å². The second kappa shape index (κ2) is 7.28. The van der Waals surface area contributed by atoms with Crippen LogP contribution in [0.5, 0.6) is 0 Å². The van der Waals surface area contributed by atoms with Crippen LogP contribution in [0.2, 0.25) is 0 Å². The fourth-order valence-electron chi connectivity index (χ4n) is 2.05. The molecular formula is C14H25N3O2. The maximum Gasteiger partial charge on any atom is 0.323 e. The Morgan fingerprint density at radius 1 is 1.37 bits per heavy atom. The van der Waals surface area contributed by atoms with Gasteiger partial charge in [-0.1, -0.05) is 6.92 Å². The van der Waals surface area contributed by atoms with E-state index in [4.69, 9.17) is 4.74 Å². The summed E-state index contributed by atoms with van der Waals surface area (Å²) in [5.41, 5.74) is 3.43. The maximum absolute atomic E-state index is 11.8. The van der Waals surface area contributed by atoms with Crippen molar-refractivity contribution in [1.82, 2.24) is 15.1 Å². The van der Waals surface area contributed by atoms with Crippen LogP contribution in [-0.4, -0.2) is 34.9 Å². The molecule has 0 saturated heterocycles. The van der Waals surface area contributed by atoms with Gasteiger partial charge in [0.05, 0.1) is 12.3 Å². The van der Waals surface area contributed by atoms with Crippen LogP contribution in [-0.2, 0) is 16.1 Å². The molecule has 1 atom stereocenters. The van der Waals surface area contributed by atoms with Gasteiger partial charge in [0.15, 0.2) is 0 Å². The zero-order valence-electron chi connectivity index (χ0n) is 12.6. The van der Waals surface area contributed by atoms with Crippen molar-refractivity contribution < 1.29 is 9.53 Å². The van der Waals surface area contributed by atoms with Crippen LogP contribution in [0.4, 0.5) is 0 Å². The van der Waals surface area contributed by atoms with E-state index in [2.05, 4.69) is 24.3 Å². The standard InChI is InChI=1S/C14H25N3O2/c1-6-15-13(14(18)19-7-2)8-9-17-12(5)10(3)11(4)16-17/h13,15H,6-9H2,1-5H3. The van der Waals surface area contributed by atoms with Crippen LogP contribution in [0, 0.1) is 20.8 Å². The van der Waals surface area contributed by atoms with E-state index >= 15 is 0 Å². The van der Waals surface area contributed by atoms with Crippen LogP contribution in [0.1, 0.15) is 37.2 Å². The van der Waals surface area contributed by atoms with Crippen molar-refractivity contribution in [2.75, 3.05) is 13.2 Å². The predicted octanol–water partition coefficient (Wildman–Crippen LogP) is 1.74. The van der Waals surface area contributed by atoms with Gasteiger partial charge in [-0.15, -0.1) is 0 Å². The van der Waals surface area contributed by atoms with E-state index in [1.165, 1.54) is 5.56 Å². The molecule has 1 rings (SSSR count). The van der Waals surface area contributed by atoms with Crippen molar-refractivity contribution in [3.63, 3.8) is 0 Å². The van der Waals surface area contributed by atoms with E-state index in [1.807, 2.05) is 25.5 Å². The monoisotopic (exact) mass is 267 g/mol. The fraction of sp³-hybridized carbons (Fsp3) is 0.714. The molecule has 1 aromatic heterocycles. The summed E-state index contributed by atoms with van der Waals surface area (Å²) < 4.78 is 7.04. The molecule has 0 bridgehead atoms. The summed E-state index contributed by atoms with van der Waals surface area (Å²) in [6, 6.07) is -0.255. The molecule has 1 unspecified atom stereocenters. The number of carbonyl (C=O) groups is 1. The molecule has 0 saturated carbocycles. The molecule has 0 aromatic carbocycles. The van der Waals surface area contributed by atoms with E-state index in [-0.39, 0.29) is 12.0 Å². The van der Waals surface area contributed by atoms with Crippen molar-refractivity contribution >= 4 is 5.97 Å². The molecule has 0 amide bonds. The molecule has 1 aromatic rings. The minimum absolute atomic E-state index is 0.178. The Labute approximate surface area is 115 Å². The number of nitrogens with one attached hydrogen (secondary N) is 1. The first-order valence-corrected chi connectivity index (χ1v) is 6.91. The van der Waals surface area contributed by atoms with Gasteiger partial charge in [-0.2, -0.15) is 5.10 Å². The molecule has 0 radical (unpaired) electrons. The van der Waals surface area contributed by atoms with Crippen molar-refractivity contribution in [1.29, 1.82) is 0 Å². The maximum atomic E-state index is 11.8. The van der Waals surface area contributed by atoms with Crippen molar-refractivity contribution in [2.45, 2.75) is 53.6 Å². The van der Waals surface area contributed by atoms with Gasteiger partial charge >= 0.3 is 5.97 Å². The highest BCUT2D eigenvalue weighted by molar-refractivity contribution is 5.75. The summed E-state index contributed by atoms with van der Waals surface area (Å²) in [5.74, 6) is -0.178. The molecule has 5 nitrogen and oxygen atoms in total. The zero-order valence-corrected chi connectivity index (χ0v) is 12.6. The number of carbonyl (C=O) groups excluding carboxylic acids is 1. The largest absolute Gasteiger partial charge is 0.465 e. The van der Waals surface area contributed by atoms with E-state index in [0.29, 0.717) is 13.0 Å². The van der Waals surface area contributed by atoms with Gasteiger partial charge in [0, 0.05) is 12.2 Å². The fourth-order valence-corrected chi connectivity index (χ4v) is 2.05. The number of esters is 1. The second-order valence-electron chi connectivity index (χ2n) is 4.67. The van der Waals surface area contributed by atoms with Crippen LogP contribution in [0.25, 0.3) is 0 Å². The molecule has 0 fully saturated rings. The number of aromatic nitrogens is 2. The Morgan fingerprint density at radius 3 is 2.53 bits per heavy atom. The highest BCUT2D eigenvalue weighted by atomic mass is 16.5. The first-order chi connectivity index (χ1) is 9.01. The number of hydrogen-bond donors (Lipinski definition) is 1. The van der Waals surface area contributed by atoms with Crippen molar-refractivity contribution in [3.8, 4) is 0 Å². The van der Waals surface area contributed by atoms with Gasteiger partial charge in [-0.25, -0.2) is 0 Å². The lowest BCUT2D eigenvalue weighted by Crippen LogP contribution is -2.39. The molecule has 108 valence electrons. The third-order valence-electron chi connectivity index (χ3n) is 3.39. The quantitative estimate of drug-likeness (QED) is 0.765. The first kappa shape index (κ1) is 15.7. The number of rotatable bonds is 7. The molecule has 0 spiro atoms. The highest BCUT2D eigenvalue weighted by Gasteiger charge is 2.19. The summed E-state index contributed by atoms with van der Waals surface area (Å²) in [6.07, 6.45) is 0.689. The second-order valence-corrected chi connectivity index (χ2v) is 4.67. The molecule has 0 aliphatic carbocycles. The highest BCUT2D eigenvalue weighted by Crippen LogP contribution is 2.12. The van der Waals surface area contributed by atoms with E-state index < -0.39 is 0 Å². The average molecular weight is 267 g/mol. The number of aryl methyl sites for hydroxylation is 2. The number of likely N-dealkylation sites (N-methyl/N-ethyl adjacent to an activating group) is 1. The summed E-state index contributed by atoms with van der Waals surface area (Å²) in [7, 11) is 0. The molecule has 1 N–H and O–H groups in total. The van der Waals surface area contributed by atoms with Crippen LogP contribution in [0.3, 0.4) is 0 Å². The van der Waals surface area contributed by atoms with Crippen LogP contribution < -0.4 is 5.32 Å². The van der Waals surface area contributed by atoms with Gasteiger partial charge in [-0.05, 0) is 46.2 Å². The Balaban J connectivity index is 2.65. The molecule has 0 aliphatic heterocycles. The number of hydrogen-bond acceptors (Lipinski definition) is 4. The lowest BCUT2D eigenvalue weighted by Gasteiger charge is -2.16. The molecule has 0 aliphatic rings. The third kappa shape index (κ3) is 4.06. The van der Waals surface area contributed by atoms with Gasteiger partial charge in [0.25, 0.3) is 0 Å². The lowest BCUT2D eigenvalue weighted by atomic mass is 10.2. The average Bonchev–Trinajstić information content (AvgIpc) is 2.62. The van der Waals surface area contributed by atoms with Crippen LogP contribution >= 0.6 is 0 Å². The topological polar surface area (TPSA) is 56.2 Å². The Bertz CT molecular complexity index is 427. The number of nitrogens with zero attached hydrogens (tertiary/aromatic N) is 2. The van der Waals surface area contributed by atoms with Gasteiger partial charge in [0.2, 0.25) is 0 Å². The SMILES string of the molecule is CCNC(CCn1nc(C)c(C)c1C)C(=O)OCC. The van der Waals surface area contributed by atoms with E-state index in [9.17, 15) is 4.79 Å². The summed E-state index contributed by atoms with van der Waals surface area (Å²) in [4.78, 5) is 11.8. The van der Waals surface area contributed by atoms with Crippen molar-refractivity contribution in [3.05, 3.63) is 17.0 Å². The lowest BCUT2D eigenvalue weighted by molar-refractivity contribution is -0.145. The third-order valence-corrected chi connectivity index (χ3v) is 3.39. The summed E-state index contributed by atoms with van der Waals surface area (Å²) >= 11 is 0. The normalized spacial score (nSPS) is 12.5. The molecule has 5 heteroatoms. The molecule has 19 heavy (non-hydrogen) atoms. The van der Waals surface area contributed by atoms with E-state index in [1.54, 1.807) is 0 Å². The zero-order chi connectivity index (χ0) is 14.4. The Morgan fingerprint density at radius 2 is 2.05 bits per heavy atom. The first-order valence-electron chi connectivity index (χ1n) is 6.91. The van der Waals surface area contributed by atoms with Crippen molar-refractivity contribution in [2.24, 2.45) is 0 Å². The smallest absolute Gasteiger partial charge is 0.323 e. The minimum Gasteiger partial charge on any atom is -0.465 e. The Kier molecular flexibility index (Phi) is 6.02. The van der Waals surface area contributed by atoms with Gasteiger partial charge in [0.1, 0.15) is 6.04 Å². The minimum atomic E-state index is -0.255. The molecular weight excluding hydrogens is 242 g/mol. The predicted molar refractivity (Wildman–Crippen MR) is 75.2 cm³/mol. The summed E-state index contributed by atoms with van der Waals surface area (Å²) in [5, 5.41) is 7.65.